The van der Waals surface area contributed by atoms with E-state index in [0.29, 0.717) is 16.7 Å². The van der Waals surface area contributed by atoms with E-state index in [1.807, 2.05) is 0 Å². The first-order valence-corrected chi connectivity index (χ1v) is 9.53. The fourth-order valence-electron chi connectivity index (χ4n) is 2.72. The van der Waals surface area contributed by atoms with Crippen molar-refractivity contribution in [1.82, 2.24) is 9.97 Å². The molecule has 1 atom stereocenters. The molecule has 1 aliphatic rings. The van der Waals surface area contributed by atoms with E-state index in [1.165, 1.54) is 0 Å². The van der Waals surface area contributed by atoms with Crippen molar-refractivity contribution in [2.45, 2.75) is 18.2 Å². The Labute approximate surface area is 188 Å². The number of anilines is 2. The zero-order valence-corrected chi connectivity index (χ0v) is 17.2. The summed E-state index contributed by atoms with van der Waals surface area (Å²) < 4.78 is 69.3. The van der Waals surface area contributed by atoms with Gasteiger partial charge in [0, 0.05) is 11.6 Å². The zero-order valence-electron chi connectivity index (χ0n) is 16.4. The van der Waals surface area contributed by atoms with Crippen molar-refractivity contribution in [1.29, 1.82) is 0 Å². The Balaban J connectivity index is 0.000000383. The fraction of sp³-hybridized carbons (Fsp3) is 0.250. The molecule has 33 heavy (non-hydrogen) atoms. The molecule has 0 saturated carbocycles. The number of hydrogen-bond donors (Lipinski definition) is 2. The maximum Gasteiger partial charge on any atom is 0.490 e. The highest BCUT2D eigenvalue weighted by molar-refractivity contribution is 6.29. The number of carboxylic acids is 1. The summed E-state index contributed by atoms with van der Waals surface area (Å²) in [4.78, 5) is 17.2. The van der Waals surface area contributed by atoms with E-state index in [2.05, 4.69) is 15.3 Å². The van der Waals surface area contributed by atoms with Crippen LogP contribution in [0.15, 0.2) is 48.8 Å². The molecule has 4 rings (SSSR count). The molecule has 0 radical (unpaired) electrons. The third kappa shape index (κ3) is 6.39. The summed E-state index contributed by atoms with van der Waals surface area (Å²) in [7, 11) is 0. The van der Waals surface area contributed by atoms with Crippen LogP contribution in [0.25, 0.3) is 10.8 Å². The highest BCUT2D eigenvalue weighted by Gasteiger charge is 2.47. The van der Waals surface area contributed by atoms with Gasteiger partial charge < -0.3 is 19.9 Å². The molecule has 0 bridgehead atoms. The van der Waals surface area contributed by atoms with Crippen molar-refractivity contribution in [2.24, 2.45) is 0 Å². The minimum Gasteiger partial charge on any atom is -0.482 e. The number of alkyl halides is 5. The van der Waals surface area contributed by atoms with Gasteiger partial charge in [-0.3, -0.25) is 0 Å². The Bertz CT molecular complexity index is 1130. The van der Waals surface area contributed by atoms with Crippen LogP contribution < -0.4 is 10.1 Å². The maximum absolute atomic E-state index is 13.7. The Hall–Kier alpha value is -3.25. The second-order valence-electron chi connectivity index (χ2n) is 6.72. The van der Waals surface area contributed by atoms with Crippen molar-refractivity contribution >= 4 is 39.8 Å². The number of carbonyl (C=O) groups is 1. The molecule has 0 aliphatic carbocycles. The Morgan fingerprint density at radius 1 is 1.21 bits per heavy atom. The molecule has 3 heterocycles. The van der Waals surface area contributed by atoms with Crippen LogP contribution in [0.1, 0.15) is 0 Å². The van der Waals surface area contributed by atoms with Crippen LogP contribution >= 0.6 is 11.6 Å². The average Bonchev–Trinajstić information content (AvgIpc) is 3.07. The number of benzene rings is 1. The maximum atomic E-state index is 13.7. The lowest BCUT2D eigenvalue weighted by molar-refractivity contribution is -0.192. The number of hydrogen-bond acceptors (Lipinski definition) is 6. The van der Waals surface area contributed by atoms with Gasteiger partial charge in [0.15, 0.2) is 6.10 Å². The lowest BCUT2D eigenvalue weighted by Gasteiger charge is -2.19. The molecule has 1 unspecified atom stereocenters. The molecule has 0 spiro atoms. The number of aromatic nitrogens is 2. The standard InChI is InChI=1S/C18H14ClF2N3O2.C2HF3O2/c19-16-4-1-12(8-23-16)24-17-14-3-2-13(7-11(14)5-6-22-17)26-15-9-25-10-18(15,20)21;3-2(4,5)1(6)7/h1-8,15H,9-10H2,(H,22,24);(H,6,7). The Kier molecular flexibility index (Phi) is 7.18. The van der Waals surface area contributed by atoms with Crippen molar-refractivity contribution in [3.63, 3.8) is 0 Å². The average molecular weight is 492 g/mol. The molecular weight excluding hydrogens is 477 g/mol. The van der Waals surface area contributed by atoms with E-state index in [9.17, 15) is 22.0 Å². The monoisotopic (exact) mass is 491 g/mol. The molecule has 3 aromatic rings. The van der Waals surface area contributed by atoms with E-state index >= 15 is 0 Å². The van der Waals surface area contributed by atoms with Crippen LogP contribution in [-0.2, 0) is 9.53 Å². The molecule has 1 saturated heterocycles. The second kappa shape index (κ2) is 9.71. The van der Waals surface area contributed by atoms with Gasteiger partial charge in [-0.1, -0.05) is 11.6 Å². The number of ether oxygens (including phenoxy) is 2. The number of nitrogens with zero attached hydrogens (tertiary/aromatic N) is 2. The van der Waals surface area contributed by atoms with Crippen molar-refractivity contribution in [2.75, 3.05) is 18.5 Å². The van der Waals surface area contributed by atoms with Crippen molar-refractivity contribution < 1.29 is 41.3 Å². The first-order valence-electron chi connectivity index (χ1n) is 9.15. The molecular formula is C20H15ClF5N3O4. The summed E-state index contributed by atoms with van der Waals surface area (Å²) in [6.07, 6.45) is -3.13. The van der Waals surface area contributed by atoms with Gasteiger partial charge in [-0.25, -0.2) is 14.8 Å². The normalized spacial score (nSPS) is 17.2. The third-order valence-corrected chi connectivity index (χ3v) is 4.51. The zero-order chi connectivity index (χ0) is 24.2. The number of aliphatic carboxylic acids is 1. The van der Waals surface area contributed by atoms with Gasteiger partial charge in [-0.2, -0.15) is 22.0 Å². The lowest BCUT2D eigenvalue weighted by atomic mass is 10.1. The summed E-state index contributed by atoms with van der Waals surface area (Å²) >= 11 is 5.79. The lowest BCUT2D eigenvalue weighted by Crippen LogP contribution is -2.36. The SMILES string of the molecule is FC1(F)COCC1Oc1ccc2c(Nc3ccc(Cl)nc3)nccc2c1.O=C(O)C(F)(F)F. The first-order chi connectivity index (χ1) is 15.5. The fourth-order valence-corrected chi connectivity index (χ4v) is 2.83. The Morgan fingerprint density at radius 2 is 1.94 bits per heavy atom. The van der Waals surface area contributed by atoms with Crippen molar-refractivity contribution in [3.05, 3.63) is 53.9 Å². The van der Waals surface area contributed by atoms with Gasteiger partial charge in [0.2, 0.25) is 0 Å². The number of fused-ring (bicyclic) bond motifs is 1. The molecule has 7 nitrogen and oxygen atoms in total. The van der Waals surface area contributed by atoms with Gasteiger partial charge in [-0.05, 0) is 41.8 Å². The minimum atomic E-state index is -5.08. The largest absolute Gasteiger partial charge is 0.490 e. The van der Waals surface area contributed by atoms with Crippen molar-refractivity contribution in [3.8, 4) is 5.75 Å². The predicted molar refractivity (Wildman–Crippen MR) is 108 cm³/mol. The van der Waals surface area contributed by atoms with Crippen LogP contribution in [0, 0.1) is 0 Å². The topological polar surface area (TPSA) is 93.6 Å². The molecule has 1 fully saturated rings. The van der Waals surface area contributed by atoms with Crippen LogP contribution in [-0.4, -0.2) is 52.5 Å². The van der Waals surface area contributed by atoms with Gasteiger partial charge in [0.05, 0.1) is 18.5 Å². The number of rotatable bonds is 4. The van der Waals surface area contributed by atoms with Crippen LogP contribution in [0.2, 0.25) is 5.15 Å². The smallest absolute Gasteiger partial charge is 0.482 e. The van der Waals surface area contributed by atoms with E-state index in [0.717, 1.165) is 16.5 Å². The second-order valence-corrected chi connectivity index (χ2v) is 7.11. The van der Waals surface area contributed by atoms with Gasteiger partial charge >= 0.3 is 18.1 Å². The molecule has 2 N–H and O–H groups in total. The van der Waals surface area contributed by atoms with Gasteiger partial charge in [0.25, 0.3) is 0 Å². The molecule has 1 aliphatic heterocycles. The first kappa shape index (κ1) is 24.4. The van der Waals surface area contributed by atoms with E-state index in [-0.39, 0.29) is 6.61 Å². The summed E-state index contributed by atoms with van der Waals surface area (Å²) in [5, 5.41) is 12.3. The molecule has 0 amide bonds. The summed E-state index contributed by atoms with van der Waals surface area (Å²) in [5.74, 6) is -4.76. The highest BCUT2D eigenvalue weighted by Crippen LogP contribution is 2.32. The van der Waals surface area contributed by atoms with Gasteiger partial charge in [-0.15, -0.1) is 0 Å². The number of halogens is 6. The summed E-state index contributed by atoms with van der Waals surface area (Å²) in [5.41, 5.74) is 0.734. The minimum absolute atomic E-state index is 0.127. The number of carboxylic acid groups (broad SMARTS) is 1. The molecule has 176 valence electrons. The van der Waals surface area contributed by atoms with E-state index in [4.69, 9.17) is 31.0 Å². The van der Waals surface area contributed by atoms with Crippen LogP contribution in [0.5, 0.6) is 5.75 Å². The summed E-state index contributed by atoms with van der Waals surface area (Å²) in [6, 6.07) is 10.4. The number of pyridine rings is 2. The van der Waals surface area contributed by atoms with E-state index in [1.54, 1.807) is 48.8 Å². The Morgan fingerprint density at radius 3 is 2.52 bits per heavy atom. The third-order valence-electron chi connectivity index (χ3n) is 4.28. The number of nitrogens with one attached hydrogen (secondary N) is 1. The van der Waals surface area contributed by atoms with Crippen LogP contribution in [0.4, 0.5) is 33.5 Å². The molecule has 1 aromatic carbocycles. The molecule has 13 heteroatoms. The predicted octanol–water partition coefficient (Wildman–Crippen LogP) is 5.07. The van der Waals surface area contributed by atoms with E-state index < -0.39 is 30.8 Å². The van der Waals surface area contributed by atoms with Gasteiger partial charge in [0.1, 0.15) is 23.3 Å². The highest BCUT2D eigenvalue weighted by atomic mass is 35.5. The van der Waals surface area contributed by atoms with Crippen LogP contribution in [0.3, 0.4) is 0 Å². The quantitative estimate of drug-likeness (QED) is 0.388. The summed E-state index contributed by atoms with van der Waals surface area (Å²) in [6.45, 7) is -0.740. The molecule has 2 aromatic heterocycles.